The van der Waals surface area contributed by atoms with Crippen LogP contribution in [0.5, 0.6) is 5.75 Å². The summed E-state index contributed by atoms with van der Waals surface area (Å²) in [4.78, 5) is 32.9. The number of hydrogen-bond donors (Lipinski definition) is 1. The second-order valence-electron chi connectivity index (χ2n) is 6.52. The van der Waals surface area contributed by atoms with Crippen LogP contribution in [-0.2, 0) is 14.1 Å². The summed E-state index contributed by atoms with van der Waals surface area (Å²) in [6.07, 6.45) is 0.932. The quantitative estimate of drug-likeness (QED) is 0.664. The topological polar surface area (TPSA) is 85.2 Å². The van der Waals surface area contributed by atoms with E-state index in [0.29, 0.717) is 23.6 Å². The van der Waals surface area contributed by atoms with Gasteiger partial charge in [-0.15, -0.1) is 0 Å². The molecule has 0 unspecified atom stereocenters. The summed E-state index contributed by atoms with van der Waals surface area (Å²) >= 11 is 0. The zero-order valence-corrected chi connectivity index (χ0v) is 15.4. The first kappa shape index (κ1) is 17.9. The molecule has 0 bridgehead atoms. The van der Waals surface area contributed by atoms with Gasteiger partial charge in [-0.25, -0.2) is 9.78 Å². The van der Waals surface area contributed by atoms with Crippen molar-refractivity contribution < 1.29 is 4.74 Å². The van der Waals surface area contributed by atoms with Gasteiger partial charge >= 0.3 is 5.69 Å². The van der Waals surface area contributed by atoms with Crippen LogP contribution in [-0.4, -0.2) is 51.2 Å². The fraction of sp³-hybridized carbons (Fsp3) is 0.389. The van der Waals surface area contributed by atoms with Crippen molar-refractivity contribution in [3.8, 4) is 17.1 Å². The summed E-state index contributed by atoms with van der Waals surface area (Å²) in [6, 6.07) is 7.58. The summed E-state index contributed by atoms with van der Waals surface area (Å²) in [5.74, 6) is 1.35. The van der Waals surface area contributed by atoms with Gasteiger partial charge in [0.25, 0.3) is 5.56 Å². The number of ether oxygens (including phenoxy) is 1. The predicted octanol–water partition coefficient (Wildman–Crippen LogP) is 0.958. The molecular formula is C18H23N5O3. The molecule has 2 aromatic heterocycles. The average Bonchev–Trinajstić information content (AvgIpc) is 2.95. The number of nitrogens with zero attached hydrogens (tertiary/aromatic N) is 4. The summed E-state index contributed by atoms with van der Waals surface area (Å²) < 4.78 is 8.84. The molecule has 0 saturated carbocycles. The minimum atomic E-state index is -0.481. The molecule has 138 valence electrons. The number of imidazole rings is 1. The number of hydrogen-bond acceptors (Lipinski definition) is 5. The third-order valence-electron chi connectivity index (χ3n) is 4.25. The van der Waals surface area contributed by atoms with E-state index in [1.54, 1.807) is 18.7 Å². The number of benzene rings is 1. The molecule has 26 heavy (non-hydrogen) atoms. The van der Waals surface area contributed by atoms with E-state index in [0.717, 1.165) is 24.3 Å². The van der Waals surface area contributed by atoms with Gasteiger partial charge in [0.1, 0.15) is 11.6 Å². The Morgan fingerprint density at radius 3 is 2.69 bits per heavy atom. The molecule has 1 aromatic carbocycles. The van der Waals surface area contributed by atoms with Gasteiger partial charge in [0.2, 0.25) is 0 Å². The van der Waals surface area contributed by atoms with E-state index >= 15 is 0 Å². The van der Waals surface area contributed by atoms with Crippen molar-refractivity contribution in [3.05, 3.63) is 45.1 Å². The monoisotopic (exact) mass is 357 g/mol. The zero-order chi connectivity index (χ0) is 18.8. The van der Waals surface area contributed by atoms with Crippen molar-refractivity contribution in [1.82, 2.24) is 24.0 Å². The van der Waals surface area contributed by atoms with Crippen LogP contribution < -0.4 is 16.0 Å². The molecule has 0 spiro atoms. The van der Waals surface area contributed by atoms with E-state index < -0.39 is 11.2 Å². The van der Waals surface area contributed by atoms with Crippen molar-refractivity contribution in [2.75, 3.05) is 27.2 Å². The molecule has 0 radical (unpaired) electrons. The molecule has 0 aliphatic carbocycles. The largest absolute Gasteiger partial charge is 0.494 e. The summed E-state index contributed by atoms with van der Waals surface area (Å²) in [6.45, 7) is 1.58. The molecule has 2 heterocycles. The van der Waals surface area contributed by atoms with Crippen molar-refractivity contribution in [1.29, 1.82) is 0 Å². The van der Waals surface area contributed by atoms with Crippen molar-refractivity contribution >= 4 is 11.2 Å². The highest BCUT2D eigenvalue weighted by atomic mass is 16.5. The highest BCUT2D eigenvalue weighted by molar-refractivity contribution is 5.77. The Morgan fingerprint density at radius 1 is 1.19 bits per heavy atom. The smallest absolute Gasteiger partial charge is 0.329 e. The number of nitrogens with one attached hydrogen (secondary N) is 1. The lowest BCUT2D eigenvalue weighted by atomic mass is 10.2. The average molecular weight is 357 g/mol. The first-order valence-electron chi connectivity index (χ1n) is 8.42. The summed E-state index contributed by atoms with van der Waals surface area (Å²) in [5, 5.41) is 0. The summed E-state index contributed by atoms with van der Waals surface area (Å²) in [7, 11) is 7.40. The Hall–Kier alpha value is -2.87. The van der Waals surface area contributed by atoms with Gasteiger partial charge in [0.15, 0.2) is 11.2 Å². The number of aromatic amines is 1. The van der Waals surface area contributed by atoms with Crippen molar-refractivity contribution in [2.24, 2.45) is 14.1 Å². The maximum Gasteiger partial charge on any atom is 0.329 e. The third kappa shape index (κ3) is 3.41. The van der Waals surface area contributed by atoms with Crippen LogP contribution in [0, 0.1) is 0 Å². The molecule has 3 aromatic rings. The van der Waals surface area contributed by atoms with Gasteiger partial charge in [0, 0.05) is 26.2 Å². The molecule has 0 aliphatic heterocycles. The van der Waals surface area contributed by atoms with E-state index in [9.17, 15) is 9.59 Å². The maximum absolute atomic E-state index is 12.2. The molecule has 0 atom stereocenters. The van der Waals surface area contributed by atoms with Crippen molar-refractivity contribution in [3.63, 3.8) is 0 Å². The molecule has 0 amide bonds. The van der Waals surface area contributed by atoms with Gasteiger partial charge < -0.3 is 14.2 Å². The zero-order valence-electron chi connectivity index (χ0n) is 15.4. The molecule has 0 saturated heterocycles. The van der Waals surface area contributed by atoms with Crippen LogP contribution in [0.3, 0.4) is 0 Å². The van der Waals surface area contributed by atoms with Crippen LogP contribution in [0.4, 0.5) is 0 Å². The van der Waals surface area contributed by atoms with Crippen LogP contribution >= 0.6 is 0 Å². The van der Waals surface area contributed by atoms with Gasteiger partial charge in [-0.3, -0.25) is 14.3 Å². The maximum atomic E-state index is 12.2. The van der Waals surface area contributed by atoms with E-state index in [1.807, 2.05) is 38.4 Å². The molecular weight excluding hydrogens is 334 g/mol. The predicted molar refractivity (Wildman–Crippen MR) is 101 cm³/mol. The lowest BCUT2D eigenvalue weighted by Gasteiger charge is -2.11. The van der Waals surface area contributed by atoms with E-state index in [4.69, 9.17) is 4.74 Å². The number of fused-ring (bicyclic) bond motifs is 1. The van der Waals surface area contributed by atoms with Crippen LogP contribution in [0.25, 0.3) is 22.6 Å². The molecule has 1 N–H and O–H groups in total. The Bertz CT molecular complexity index is 1050. The first-order valence-corrected chi connectivity index (χ1v) is 8.42. The number of aryl methyl sites for hydroxylation is 2. The number of rotatable bonds is 6. The molecule has 8 heteroatoms. The Labute approximate surface area is 150 Å². The minimum absolute atomic E-state index is 0.355. The second-order valence-corrected chi connectivity index (χ2v) is 6.52. The van der Waals surface area contributed by atoms with Gasteiger partial charge in [-0.05, 0) is 32.6 Å². The highest BCUT2D eigenvalue weighted by Gasteiger charge is 2.16. The normalized spacial score (nSPS) is 11.4. The number of aromatic nitrogens is 4. The molecule has 8 nitrogen and oxygen atoms in total. The van der Waals surface area contributed by atoms with Gasteiger partial charge in [-0.2, -0.15) is 0 Å². The Balaban J connectivity index is 1.95. The lowest BCUT2D eigenvalue weighted by Crippen LogP contribution is -2.29. The number of H-pyrrole nitrogens is 1. The van der Waals surface area contributed by atoms with Gasteiger partial charge in [0.05, 0.1) is 6.61 Å². The SMILES string of the molecule is CN(C)CCCOc1cccc(-c2nc3c(c(=O)[nH]c(=O)n3C)n2C)c1. The lowest BCUT2D eigenvalue weighted by molar-refractivity contribution is 0.281. The molecule has 0 fully saturated rings. The third-order valence-corrected chi connectivity index (χ3v) is 4.25. The second kappa shape index (κ2) is 7.17. The van der Waals surface area contributed by atoms with Crippen molar-refractivity contribution in [2.45, 2.75) is 6.42 Å². The van der Waals surface area contributed by atoms with Crippen LogP contribution in [0.15, 0.2) is 33.9 Å². The van der Waals surface area contributed by atoms with E-state index in [-0.39, 0.29) is 0 Å². The van der Waals surface area contributed by atoms with Gasteiger partial charge in [-0.1, -0.05) is 12.1 Å². The Kier molecular flexibility index (Phi) is 4.94. The summed E-state index contributed by atoms with van der Waals surface area (Å²) in [5.41, 5.74) is 0.610. The minimum Gasteiger partial charge on any atom is -0.494 e. The van der Waals surface area contributed by atoms with Crippen LogP contribution in [0.2, 0.25) is 0 Å². The Morgan fingerprint density at radius 2 is 1.96 bits per heavy atom. The fourth-order valence-electron chi connectivity index (χ4n) is 2.86. The molecule has 3 rings (SSSR count). The van der Waals surface area contributed by atoms with E-state index in [2.05, 4.69) is 14.9 Å². The first-order chi connectivity index (χ1) is 12.4. The fourth-order valence-corrected chi connectivity index (χ4v) is 2.86. The highest BCUT2D eigenvalue weighted by Crippen LogP contribution is 2.24. The molecule has 0 aliphatic rings. The standard InChI is InChI=1S/C18H23N5O3/c1-21(2)9-6-10-26-13-8-5-7-12(11-13)15-19-16-14(22(15)3)17(24)20-18(25)23(16)4/h5,7-8,11H,6,9-10H2,1-4H3,(H,20,24,25). The van der Waals surface area contributed by atoms with E-state index in [1.165, 1.54) is 4.57 Å². The van der Waals surface area contributed by atoms with Crippen LogP contribution in [0.1, 0.15) is 6.42 Å².